The summed E-state index contributed by atoms with van der Waals surface area (Å²) in [5.41, 5.74) is 2.04. The predicted molar refractivity (Wildman–Crippen MR) is 93.8 cm³/mol. The molecule has 0 aromatic heterocycles. The summed E-state index contributed by atoms with van der Waals surface area (Å²) in [6, 6.07) is 15.8. The zero-order valence-corrected chi connectivity index (χ0v) is 13.9. The lowest BCUT2D eigenvalue weighted by Crippen LogP contribution is -2.20. The van der Waals surface area contributed by atoms with E-state index in [-0.39, 0.29) is 13.0 Å². The number of carbonyl (C=O) groups is 3. The normalized spacial score (nSPS) is 11.4. The molecule has 2 aromatic carbocycles. The van der Waals surface area contributed by atoms with Crippen molar-refractivity contribution in [2.45, 2.75) is 19.4 Å². The molecule has 1 atom stereocenters. The van der Waals surface area contributed by atoms with Gasteiger partial charge in [-0.25, -0.2) is 4.79 Å². The summed E-state index contributed by atoms with van der Waals surface area (Å²) in [6.45, 7) is 0.153. The van der Waals surface area contributed by atoms with E-state index in [0.29, 0.717) is 11.3 Å². The van der Waals surface area contributed by atoms with Crippen LogP contribution in [0.1, 0.15) is 17.5 Å². The molecule has 0 heterocycles. The van der Waals surface area contributed by atoms with E-state index in [1.165, 1.54) is 0 Å². The first-order chi connectivity index (χ1) is 12.4. The standard InChI is InChI=1S/C19H19NO6/c21-17(22)11-15(18(23)24)10-13-6-8-16(9-7-13)20-19(25)26-12-14-4-2-1-3-5-14/h1-9,15H,10-12H2,(H,20,25)(H,21,22)(H,23,24). The molecule has 0 aliphatic carbocycles. The van der Waals surface area contributed by atoms with E-state index >= 15 is 0 Å². The highest BCUT2D eigenvalue weighted by atomic mass is 16.5. The number of amides is 1. The van der Waals surface area contributed by atoms with Gasteiger partial charge in [-0.1, -0.05) is 42.5 Å². The molecule has 0 saturated carbocycles. The van der Waals surface area contributed by atoms with Crippen molar-refractivity contribution in [2.75, 3.05) is 5.32 Å². The van der Waals surface area contributed by atoms with Crippen LogP contribution in [0.15, 0.2) is 54.6 Å². The van der Waals surface area contributed by atoms with Crippen molar-refractivity contribution in [3.8, 4) is 0 Å². The Morgan fingerprint density at radius 2 is 1.58 bits per heavy atom. The largest absolute Gasteiger partial charge is 0.481 e. The molecule has 136 valence electrons. The van der Waals surface area contributed by atoms with Crippen LogP contribution in [0, 0.1) is 5.92 Å². The molecule has 1 unspecified atom stereocenters. The summed E-state index contributed by atoms with van der Waals surface area (Å²) >= 11 is 0. The topological polar surface area (TPSA) is 113 Å². The maximum Gasteiger partial charge on any atom is 0.411 e. The second-order valence-electron chi connectivity index (χ2n) is 5.72. The number of ether oxygens (including phenoxy) is 1. The Morgan fingerprint density at radius 3 is 2.15 bits per heavy atom. The number of carbonyl (C=O) groups excluding carboxylic acids is 1. The second-order valence-corrected chi connectivity index (χ2v) is 5.72. The fourth-order valence-corrected chi connectivity index (χ4v) is 2.34. The number of anilines is 1. The fourth-order valence-electron chi connectivity index (χ4n) is 2.34. The summed E-state index contributed by atoms with van der Waals surface area (Å²) in [6.07, 6.45) is -0.947. The minimum Gasteiger partial charge on any atom is -0.481 e. The van der Waals surface area contributed by atoms with Crippen LogP contribution in [-0.2, 0) is 27.4 Å². The summed E-state index contributed by atoms with van der Waals surface area (Å²) in [5, 5.41) is 20.4. The highest BCUT2D eigenvalue weighted by Gasteiger charge is 2.21. The van der Waals surface area contributed by atoms with Crippen molar-refractivity contribution in [1.82, 2.24) is 0 Å². The van der Waals surface area contributed by atoms with E-state index < -0.39 is 30.4 Å². The Hall–Kier alpha value is -3.35. The third kappa shape index (κ3) is 6.27. The van der Waals surface area contributed by atoms with Crippen molar-refractivity contribution in [3.63, 3.8) is 0 Å². The maximum absolute atomic E-state index is 11.8. The van der Waals surface area contributed by atoms with Gasteiger partial charge in [-0.05, 0) is 29.7 Å². The van der Waals surface area contributed by atoms with E-state index in [2.05, 4.69) is 5.32 Å². The number of carboxylic acids is 2. The molecule has 0 bridgehead atoms. The monoisotopic (exact) mass is 357 g/mol. The fraction of sp³-hybridized carbons (Fsp3) is 0.211. The van der Waals surface area contributed by atoms with Crippen molar-refractivity contribution in [3.05, 3.63) is 65.7 Å². The highest BCUT2D eigenvalue weighted by molar-refractivity contribution is 5.84. The number of carboxylic acid groups (broad SMARTS) is 2. The summed E-state index contributed by atoms with van der Waals surface area (Å²) in [5.74, 6) is -3.31. The van der Waals surface area contributed by atoms with Gasteiger partial charge >= 0.3 is 18.0 Å². The average molecular weight is 357 g/mol. The lowest BCUT2D eigenvalue weighted by molar-refractivity contribution is -0.148. The predicted octanol–water partition coefficient (Wildman–Crippen LogP) is 3.15. The number of hydrogen-bond acceptors (Lipinski definition) is 4. The number of aliphatic carboxylic acids is 2. The third-order valence-electron chi connectivity index (χ3n) is 3.67. The van der Waals surface area contributed by atoms with Crippen LogP contribution in [0.2, 0.25) is 0 Å². The van der Waals surface area contributed by atoms with Crippen molar-refractivity contribution in [2.24, 2.45) is 5.92 Å². The molecule has 0 aliphatic heterocycles. The molecule has 3 N–H and O–H groups in total. The van der Waals surface area contributed by atoms with Gasteiger partial charge in [-0.3, -0.25) is 14.9 Å². The van der Waals surface area contributed by atoms with Crippen molar-refractivity contribution >= 4 is 23.7 Å². The SMILES string of the molecule is O=C(O)CC(Cc1ccc(NC(=O)OCc2ccccc2)cc1)C(=O)O. The van der Waals surface area contributed by atoms with Gasteiger partial charge in [0.2, 0.25) is 0 Å². The second kappa shape index (κ2) is 9.22. The number of nitrogens with one attached hydrogen (secondary N) is 1. The van der Waals surface area contributed by atoms with Gasteiger partial charge in [0.25, 0.3) is 0 Å². The van der Waals surface area contributed by atoms with Crippen LogP contribution in [-0.4, -0.2) is 28.2 Å². The van der Waals surface area contributed by atoms with Crippen LogP contribution in [0.25, 0.3) is 0 Å². The van der Waals surface area contributed by atoms with Gasteiger partial charge in [0, 0.05) is 5.69 Å². The Balaban J connectivity index is 1.87. The van der Waals surface area contributed by atoms with Gasteiger partial charge in [-0.15, -0.1) is 0 Å². The Bertz CT molecular complexity index is 757. The first kappa shape index (κ1) is 19.0. The lowest BCUT2D eigenvalue weighted by atomic mass is 9.96. The molecule has 0 saturated heterocycles. The molecule has 2 aromatic rings. The molecule has 0 aliphatic rings. The first-order valence-corrected chi connectivity index (χ1v) is 7.95. The van der Waals surface area contributed by atoms with Crippen LogP contribution < -0.4 is 5.32 Å². The average Bonchev–Trinajstić information content (AvgIpc) is 2.61. The quantitative estimate of drug-likeness (QED) is 0.669. The first-order valence-electron chi connectivity index (χ1n) is 7.95. The van der Waals surface area contributed by atoms with Gasteiger partial charge in [0.15, 0.2) is 0 Å². The molecule has 0 fully saturated rings. The Kier molecular flexibility index (Phi) is 6.73. The van der Waals surface area contributed by atoms with Gasteiger partial charge in [0.1, 0.15) is 6.61 Å². The molecule has 7 nitrogen and oxygen atoms in total. The van der Waals surface area contributed by atoms with E-state index in [1.807, 2.05) is 30.3 Å². The van der Waals surface area contributed by atoms with Crippen molar-refractivity contribution in [1.29, 1.82) is 0 Å². The minimum atomic E-state index is -1.16. The number of benzene rings is 2. The summed E-state index contributed by atoms with van der Waals surface area (Å²) in [4.78, 5) is 33.6. The van der Waals surface area contributed by atoms with Crippen LogP contribution >= 0.6 is 0 Å². The van der Waals surface area contributed by atoms with E-state index in [4.69, 9.17) is 14.9 Å². The Labute approximate surface area is 150 Å². The molecular formula is C19H19NO6. The van der Waals surface area contributed by atoms with Gasteiger partial charge in [0.05, 0.1) is 12.3 Å². The van der Waals surface area contributed by atoms with Crippen LogP contribution in [0.4, 0.5) is 10.5 Å². The van der Waals surface area contributed by atoms with Gasteiger partial charge < -0.3 is 14.9 Å². The molecule has 0 spiro atoms. The third-order valence-corrected chi connectivity index (χ3v) is 3.67. The van der Waals surface area contributed by atoms with Crippen LogP contribution in [0.5, 0.6) is 0 Å². The van der Waals surface area contributed by atoms with E-state index in [9.17, 15) is 14.4 Å². The highest BCUT2D eigenvalue weighted by Crippen LogP contribution is 2.16. The van der Waals surface area contributed by atoms with Crippen molar-refractivity contribution < 1.29 is 29.3 Å². The summed E-state index contributed by atoms with van der Waals surface area (Å²) in [7, 11) is 0. The molecule has 1 amide bonds. The van der Waals surface area contributed by atoms with Gasteiger partial charge in [-0.2, -0.15) is 0 Å². The molecule has 0 radical (unpaired) electrons. The minimum absolute atomic E-state index is 0.0976. The molecule has 26 heavy (non-hydrogen) atoms. The van der Waals surface area contributed by atoms with E-state index in [1.54, 1.807) is 24.3 Å². The number of hydrogen-bond donors (Lipinski definition) is 3. The summed E-state index contributed by atoms with van der Waals surface area (Å²) < 4.78 is 5.11. The zero-order chi connectivity index (χ0) is 18.9. The smallest absolute Gasteiger partial charge is 0.411 e. The van der Waals surface area contributed by atoms with E-state index in [0.717, 1.165) is 5.56 Å². The lowest BCUT2D eigenvalue weighted by Gasteiger charge is -2.11. The number of rotatable bonds is 8. The Morgan fingerprint density at radius 1 is 0.923 bits per heavy atom. The zero-order valence-electron chi connectivity index (χ0n) is 13.9. The maximum atomic E-state index is 11.8. The molecule has 2 rings (SSSR count). The molecule has 7 heteroatoms. The molecular weight excluding hydrogens is 338 g/mol. The van der Waals surface area contributed by atoms with Crippen LogP contribution in [0.3, 0.4) is 0 Å².